The summed E-state index contributed by atoms with van der Waals surface area (Å²) in [5.41, 5.74) is 1.19. The highest BCUT2D eigenvalue weighted by atomic mass is 35.5. The molecular weight excluding hydrogens is 383 g/mol. The van der Waals surface area contributed by atoms with Crippen molar-refractivity contribution in [3.05, 3.63) is 58.1 Å². The quantitative estimate of drug-likeness (QED) is 0.774. The van der Waals surface area contributed by atoms with E-state index in [1.54, 1.807) is 32.9 Å². The first-order chi connectivity index (χ1) is 11.5. The van der Waals surface area contributed by atoms with E-state index in [0.29, 0.717) is 27.0 Å². The Labute approximate surface area is 157 Å². The number of hydrogen-bond acceptors (Lipinski definition) is 3. The molecule has 2 aromatic carbocycles. The van der Waals surface area contributed by atoms with Crippen LogP contribution >= 0.6 is 23.2 Å². The minimum absolute atomic E-state index is 0.329. The van der Waals surface area contributed by atoms with Gasteiger partial charge in [-0.25, -0.2) is 8.42 Å². The first-order valence-corrected chi connectivity index (χ1v) is 9.62. The molecule has 8 heteroatoms. The predicted molar refractivity (Wildman–Crippen MR) is 103 cm³/mol. The molecule has 0 fully saturated rings. The number of rotatable bonds is 4. The van der Waals surface area contributed by atoms with E-state index in [0.717, 1.165) is 0 Å². The molecule has 0 spiro atoms. The third kappa shape index (κ3) is 4.87. The lowest BCUT2D eigenvalue weighted by Gasteiger charge is -2.20. The normalized spacial score (nSPS) is 11.9. The lowest BCUT2D eigenvalue weighted by Crippen LogP contribution is -2.33. The number of amides is 1. The van der Waals surface area contributed by atoms with Gasteiger partial charge in [0.25, 0.3) is 5.91 Å². The number of carbonyl (C=O) groups excluding carboxylic acids is 1. The van der Waals surface area contributed by atoms with Crippen molar-refractivity contribution in [3.63, 3.8) is 0 Å². The Morgan fingerprint density at radius 3 is 2.12 bits per heavy atom. The molecule has 2 N–H and O–H groups in total. The average Bonchev–Trinajstić information content (AvgIpc) is 2.49. The van der Waals surface area contributed by atoms with Crippen LogP contribution in [0.4, 0.5) is 11.4 Å². The molecule has 0 aliphatic rings. The number of sulfonamides is 1. The fourth-order valence-electron chi connectivity index (χ4n) is 1.78. The van der Waals surface area contributed by atoms with Crippen molar-refractivity contribution in [1.82, 2.24) is 0 Å². The minimum atomic E-state index is -3.52. The summed E-state index contributed by atoms with van der Waals surface area (Å²) in [6, 6.07) is 10.9. The summed E-state index contributed by atoms with van der Waals surface area (Å²) in [4.78, 5) is 12.3. The maximum absolute atomic E-state index is 12.3. The summed E-state index contributed by atoms with van der Waals surface area (Å²) in [6.07, 6.45) is 0. The Kier molecular flexibility index (Phi) is 5.66. The van der Waals surface area contributed by atoms with Crippen LogP contribution in [0.15, 0.2) is 42.5 Å². The lowest BCUT2D eigenvalue weighted by atomic mass is 10.2. The van der Waals surface area contributed by atoms with Crippen LogP contribution in [0, 0.1) is 0 Å². The van der Waals surface area contributed by atoms with E-state index in [1.165, 1.54) is 30.3 Å². The van der Waals surface area contributed by atoms with E-state index in [4.69, 9.17) is 23.2 Å². The molecule has 0 aliphatic carbocycles. The van der Waals surface area contributed by atoms with Gasteiger partial charge in [-0.05, 0) is 63.2 Å². The van der Waals surface area contributed by atoms with Gasteiger partial charge in [0.15, 0.2) is 0 Å². The van der Waals surface area contributed by atoms with Crippen molar-refractivity contribution in [2.75, 3.05) is 10.0 Å². The number of hydrogen-bond donors (Lipinski definition) is 2. The Morgan fingerprint density at radius 1 is 1.00 bits per heavy atom. The number of halogens is 2. The SMILES string of the molecule is CC(C)(C)S(=O)(=O)Nc1ccc(C(=O)Nc2ccc(Cl)cc2Cl)cc1. The summed E-state index contributed by atoms with van der Waals surface area (Å²) < 4.78 is 25.8. The lowest BCUT2D eigenvalue weighted by molar-refractivity contribution is 0.102. The molecule has 0 aromatic heterocycles. The van der Waals surface area contributed by atoms with Gasteiger partial charge >= 0.3 is 0 Å². The fourth-order valence-corrected chi connectivity index (χ4v) is 2.99. The van der Waals surface area contributed by atoms with Crippen molar-refractivity contribution in [2.24, 2.45) is 0 Å². The highest BCUT2D eigenvalue weighted by molar-refractivity contribution is 7.94. The molecule has 1 amide bonds. The maximum Gasteiger partial charge on any atom is 0.255 e. The van der Waals surface area contributed by atoms with Crippen molar-refractivity contribution in [1.29, 1.82) is 0 Å². The number of benzene rings is 2. The van der Waals surface area contributed by atoms with Crippen LogP contribution in [0.5, 0.6) is 0 Å². The van der Waals surface area contributed by atoms with E-state index >= 15 is 0 Å². The highest BCUT2D eigenvalue weighted by Gasteiger charge is 2.28. The first kappa shape index (κ1) is 19.6. The predicted octanol–water partition coefficient (Wildman–Crippen LogP) is 4.79. The van der Waals surface area contributed by atoms with Crippen LogP contribution in [0.1, 0.15) is 31.1 Å². The Bertz CT molecular complexity index is 889. The molecule has 0 unspecified atom stereocenters. The summed E-state index contributed by atoms with van der Waals surface area (Å²) in [5.74, 6) is -0.366. The van der Waals surface area contributed by atoms with Crippen LogP contribution in [-0.2, 0) is 10.0 Å². The van der Waals surface area contributed by atoms with Gasteiger partial charge in [0.05, 0.1) is 15.5 Å². The monoisotopic (exact) mass is 400 g/mol. The standard InChI is InChI=1S/C17H18Cl2N2O3S/c1-17(2,3)25(23,24)21-13-7-4-11(5-8-13)16(22)20-15-9-6-12(18)10-14(15)19/h4-10,21H,1-3H3,(H,20,22). The minimum Gasteiger partial charge on any atom is -0.321 e. The molecule has 2 rings (SSSR count). The van der Waals surface area contributed by atoms with Gasteiger partial charge in [0.2, 0.25) is 10.0 Å². The molecular formula is C17H18Cl2N2O3S. The highest BCUT2D eigenvalue weighted by Crippen LogP contribution is 2.26. The number of anilines is 2. The van der Waals surface area contributed by atoms with Gasteiger partial charge in [-0.1, -0.05) is 23.2 Å². The summed E-state index contributed by atoms with van der Waals surface area (Å²) >= 11 is 11.8. The Morgan fingerprint density at radius 2 is 1.60 bits per heavy atom. The van der Waals surface area contributed by atoms with Gasteiger partial charge in [-0.2, -0.15) is 0 Å². The third-order valence-corrected chi connectivity index (χ3v) is 6.05. The number of carbonyl (C=O) groups is 1. The van der Waals surface area contributed by atoms with Gasteiger partial charge in [0, 0.05) is 16.3 Å². The zero-order chi connectivity index (χ0) is 18.8. The molecule has 0 bridgehead atoms. The molecule has 2 aromatic rings. The van der Waals surface area contributed by atoms with Gasteiger partial charge in [0.1, 0.15) is 0 Å². The first-order valence-electron chi connectivity index (χ1n) is 7.38. The summed E-state index contributed by atoms with van der Waals surface area (Å²) in [7, 11) is -3.52. The van der Waals surface area contributed by atoms with Gasteiger partial charge < -0.3 is 5.32 Å². The third-order valence-electron chi connectivity index (χ3n) is 3.38. The average molecular weight is 401 g/mol. The Hall–Kier alpha value is -1.76. The van der Waals surface area contributed by atoms with Crippen LogP contribution in [0.2, 0.25) is 10.0 Å². The van der Waals surface area contributed by atoms with E-state index < -0.39 is 14.8 Å². The second-order valence-corrected chi connectivity index (χ2v) is 9.65. The molecule has 0 saturated carbocycles. The van der Waals surface area contributed by atoms with E-state index in [1.807, 2.05) is 0 Å². The van der Waals surface area contributed by atoms with E-state index in [9.17, 15) is 13.2 Å². The molecule has 0 heterocycles. The van der Waals surface area contributed by atoms with Crippen molar-refractivity contribution in [3.8, 4) is 0 Å². The molecule has 0 radical (unpaired) electrons. The second-order valence-electron chi connectivity index (χ2n) is 6.37. The molecule has 0 saturated heterocycles. The van der Waals surface area contributed by atoms with Crippen LogP contribution in [0.3, 0.4) is 0 Å². The molecule has 134 valence electrons. The Balaban J connectivity index is 2.13. The topological polar surface area (TPSA) is 75.3 Å². The van der Waals surface area contributed by atoms with Gasteiger partial charge in [-0.15, -0.1) is 0 Å². The zero-order valence-electron chi connectivity index (χ0n) is 13.9. The zero-order valence-corrected chi connectivity index (χ0v) is 16.3. The smallest absolute Gasteiger partial charge is 0.255 e. The fraction of sp³-hybridized carbons (Fsp3) is 0.235. The van der Waals surface area contributed by atoms with E-state index in [-0.39, 0.29) is 5.91 Å². The number of nitrogens with one attached hydrogen (secondary N) is 2. The maximum atomic E-state index is 12.3. The molecule has 0 atom stereocenters. The van der Waals surface area contributed by atoms with Gasteiger partial charge in [-0.3, -0.25) is 9.52 Å². The van der Waals surface area contributed by atoms with Crippen molar-refractivity contribution in [2.45, 2.75) is 25.5 Å². The van der Waals surface area contributed by atoms with Crippen LogP contribution in [-0.4, -0.2) is 19.1 Å². The van der Waals surface area contributed by atoms with Crippen molar-refractivity contribution < 1.29 is 13.2 Å². The summed E-state index contributed by atoms with van der Waals surface area (Å²) in [6.45, 7) is 4.81. The van der Waals surface area contributed by atoms with Crippen LogP contribution in [0.25, 0.3) is 0 Å². The molecule has 5 nitrogen and oxygen atoms in total. The van der Waals surface area contributed by atoms with E-state index in [2.05, 4.69) is 10.0 Å². The largest absolute Gasteiger partial charge is 0.321 e. The molecule has 0 aliphatic heterocycles. The van der Waals surface area contributed by atoms with Crippen molar-refractivity contribution >= 4 is 50.5 Å². The molecule has 25 heavy (non-hydrogen) atoms. The summed E-state index contributed by atoms with van der Waals surface area (Å²) in [5, 5.41) is 3.48. The second kappa shape index (κ2) is 7.23. The van der Waals surface area contributed by atoms with Crippen LogP contribution < -0.4 is 10.0 Å².